The van der Waals surface area contributed by atoms with E-state index in [1.54, 1.807) is 5.51 Å². The highest BCUT2D eigenvalue weighted by Gasteiger charge is 2.21. The molecule has 0 saturated heterocycles. The van der Waals surface area contributed by atoms with Crippen LogP contribution in [0, 0.1) is 0 Å². The molecule has 0 unspecified atom stereocenters. The molecule has 21 heavy (non-hydrogen) atoms. The van der Waals surface area contributed by atoms with Gasteiger partial charge in [-0.1, -0.05) is 20.8 Å². The second-order valence-electron chi connectivity index (χ2n) is 5.75. The number of aromatic amines is 1. The van der Waals surface area contributed by atoms with Crippen LogP contribution in [0.5, 0.6) is 0 Å². The molecule has 108 valence electrons. The monoisotopic (exact) mass is 301 g/mol. The molecule has 0 radical (unpaired) electrons. The van der Waals surface area contributed by atoms with Crippen molar-refractivity contribution in [1.82, 2.24) is 20.2 Å². The van der Waals surface area contributed by atoms with Gasteiger partial charge in [0.05, 0.1) is 15.7 Å². The molecular formula is C14H15N5OS. The molecule has 0 aliphatic rings. The molecule has 0 aliphatic heterocycles. The lowest BCUT2D eigenvalue weighted by atomic mass is 9.96. The largest absolute Gasteiger partial charge is 0.319 e. The minimum absolute atomic E-state index is 0.143. The number of hydrogen-bond donors (Lipinski definition) is 2. The zero-order chi connectivity index (χ0) is 15.0. The number of nitrogens with one attached hydrogen (secondary N) is 2. The van der Waals surface area contributed by atoms with Gasteiger partial charge in [0.15, 0.2) is 0 Å². The second kappa shape index (κ2) is 4.92. The van der Waals surface area contributed by atoms with E-state index in [0.29, 0.717) is 11.5 Å². The van der Waals surface area contributed by atoms with Crippen LogP contribution in [-0.4, -0.2) is 26.1 Å². The number of benzene rings is 1. The van der Waals surface area contributed by atoms with Gasteiger partial charge in [-0.3, -0.25) is 9.89 Å². The van der Waals surface area contributed by atoms with E-state index in [2.05, 4.69) is 25.5 Å². The van der Waals surface area contributed by atoms with E-state index in [-0.39, 0.29) is 17.1 Å². The summed E-state index contributed by atoms with van der Waals surface area (Å²) in [5, 5.41) is 9.58. The Bertz CT molecular complexity index is 799. The number of carbonyl (C=O) groups excluding carboxylic acids is 1. The summed E-state index contributed by atoms with van der Waals surface area (Å²) in [5.41, 5.74) is 3.23. The average molecular weight is 301 g/mol. The third kappa shape index (κ3) is 2.78. The molecule has 2 N–H and O–H groups in total. The normalized spacial score (nSPS) is 11.8. The highest BCUT2D eigenvalue weighted by atomic mass is 32.1. The van der Waals surface area contributed by atoms with E-state index >= 15 is 0 Å². The summed E-state index contributed by atoms with van der Waals surface area (Å²) >= 11 is 1.53. The fourth-order valence-electron chi connectivity index (χ4n) is 1.82. The number of rotatable bonds is 2. The number of H-pyrrole nitrogens is 1. The van der Waals surface area contributed by atoms with Gasteiger partial charge in [0, 0.05) is 11.1 Å². The Morgan fingerprint density at radius 3 is 2.86 bits per heavy atom. The molecule has 0 saturated carbocycles. The van der Waals surface area contributed by atoms with Gasteiger partial charge in [0.25, 0.3) is 5.91 Å². The number of aromatic nitrogens is 4. The van der Waals surface area contributed by atoms with Gasteiger partial charge < -0.3 is 5.32 Å². The van der Waals surface area contributed by atoms with Crippen molar-refractivity contribution in [2.24, 2.45) is 0 Å². The number of nitrogens with zero attached hydrogens (tertiary/aromatic N) is 3. The van der Waals surface area contributed by atoms with Gasteiger partial charge in [0.1, 0.15) is 5.82 Å². The first-order valence-corrected chi connectivity index (χ1v) is 7.39. The summed E-state index contributed by atoms with van der Waals surface area (Å²) in [6.07, 6.45) is 0. The van der Waals surface area contributed by atoms with Crippen LogP contribution in [-0.2, 0) is 5.41 Å². The number of fused-ring (bicyclic) bond motifs is 1. The molecule has 0 spiro atoms. The first-order valence-electron chi connectivity index (χ1n) is 6.51. The molecule has 0 aliphatic carbocycles. The zero-order valence-corrected chi connectivity index (χ0v) is 12.8. The highest BCUT2D eigenvalue weighted by Crippen LogP contribution is 2.22. The van der Waals surface area contributed by atoms with Gasteiger partial charge in [0.2, 0.25) is 5.82 Å². The van der Waals surface area contributed by atoms with Crippen LogP contribution in [0.25, 0.3) is 10.2 Å². The highest BCUT2D eigenvalue weighted by molar-refractivity contribution is 7.16. The topological polar surface area (TPSA) is 83.6 Å². The fraction of sp³-hybridized carbons (Fsp3) is 0.286. The van der Waals surface area contributed by atoms with E-state index in [9.17, 15) is 4.79 Å². The Morgan fingerprint density at radius 1 is 1.33 bits per heavy atom. The maximum atomic E-state index is 12.2. The minimum atomic E-state index is -0.328. The number of thiazole rings is 1. The molecule has 3 aromatic rings. The third-order valence-electron chi connectivity index (χ3n) is 2.99. The standard InChI is InChI=1S/C14H15N5OS/c1-14(2,3)13-17-11(18-19-13)12(20)16-8-4-5-9-10(6-8)21-7-15-9/h4-7H,1-3H3,(H,16,20)(H,17,18,19). The molecule has 1 amide bonds. The average Bonchev–Trinajstić information content (AvgIpc) is 3.06. The van der Waals surface area contributed by atoms with Crippen LogP contribution in [0.1, 0.15) is 37.2 Å². The van der Waals surface area contributed by atoms with Crippen molar-refractivity contribution in [3.8, 4) is 0 Å². The van der Waals surface area contributed by atoms with Crippen LogP contribution < -0.4 is 5.32 Å². The summed E-state index contributed by atoms with van der Waals surface area (Å²) in [6, 6.07) is 5.58. The molecule has 0 atom stereocenters. The van der Waals surface area contributed by atoms with Gasteiger partial charge in [-0.2, -0.15) is 0 Å². The summed E-state index contributed by atoms with van der Waals surface area (Å²) < 4.78 is 1.03. The quantitative estimate of drug-likeness (QED) is 0.762. The zero-order valence-electron chi connectivity index (χ0n) is 12.0. The molecule has 0 bridgehead atoms. The smallest absolute Gasteiger partial charge is 0.295 e. The van der Waals surface area contributed by atoms with Crippen molar-refractivity contribution in [2.75, 3.05) is 5.32 Å². The molecule has 1 aromatic carbocycles. The molecular weight excluding hydrogens is 286 g/mol. The second-order valence-corrected chi connectivity index (χ2v) is 6.63. The van der Waals surface area contributed by atoms with Crippen LogP contribution in [0.2, 0.25) is 0 Å². The SMILES string of the molecule is CC(C)(C)c1nc(C(=O)Nc2ccc3ncsc3c2)n[nH]1. The van der Waals surface area contributed by atoms with Crippen LogP contribution in [0.3, 0.4) is 0 Å². The molecule has 3 rings (SSSR count). The fourth-order valence-corrected chi connectivity index (χ4v) is 2.53. The summed E-state index contributed by atoms with van der Waals surface area (Å²) in [4.78, 5) is 20.6. The Hall–Kier alpha value is -2.28. The Balaban J connectivity index is 1.80. The predicted molar refractivity (Wildman–Crippen MR) is 82.7 cm³/mol. The van der Waals surface area contributed by atoms with Crippen LogP contribution in [0.4, 0.5) is 5.69 Å². The van der Waals surface area contributed by atoms with Crippen molar-refractivity contribution in [2.45, 2.75) is 26.2 Å². The molecule has 2 heterocycles. The first kappa shape index (κ1) is 13.7. The van der Waals surface area contributed by atoms with Crippen molar-refractivity contribution >= 4 is 33.1 Å². The minimum Gasteiger partial charge on any atom is -0.319 e. The van der Waals surface area contributed by atoms with E-state index in [4.69, 9.17) is 0 Å². The Labute approximate surface area is 125 Å². The Morgan fingerprint density at radius 2 is 2.14 bits per heavy atom. The van der Waals surface area contributed by atoms with E-state index < -0.39 is 0 Å². The van der Waals surface area contributed by atoms with Crippen molar-refractivity contribution < 1.29 is 4.79 Å². The summed E-state index contributed by atoms with van der Waals surface area (Å²) in [5.74, 6) is 0.500. The van der Waals surface area contributed by atoms with E-state index in [1.807, 2.05) is 39.0 Å². The molecule has 6 nitrogen and oxygen atoms in total. The number of amides is 1. The molecule has 7 heteroatoms. The van der Waals surface area contributed by atoms with Gasteiger partial charge in [-0.05, 0) is 18.2 Å². The third-order valence-corrected chi connectivity index (χ3v) is 3.78. The van der Waals surface area contributed by atoms with E-state index in [1.165, 1.54) is 11.3 Å². The number of hydrogen-bond acceptors (Lipinski definition) is 5. The van der Waals surface area contributed by atoms with Crippen molar-refractivity contribution in [1.29, 1.82) is 0 Å². The number of carbonyl (C=O) groups is 1. The van der Waals surface area contributed by atoms with Crippen LogP contribution >= 0.6 is 11.3 Å². The lowest BCUT2D eigenvalue weighted by molar-refractivity contribution is 0.101. The maximum absolute atomic E-state index is 12.2. The predicted octanol–water partition coefficient (Wildman–Crippen LogP) is 2.96. The lowest BCUT2D eigenvalue weighted by Gasteiger charge is -2.12. The van der Waals surface area contributed by atoms with Crippen molar-refractivity contribution in [3.63, 3.8) is 0 Å². The lowest BCUT2D eigenvalue weighted by Crippen LogP contribution is -2.16. The van der Waals surface area contributed by atoms with E-state index in [0.717, 1.165) is 10.2 Å². The van der Waals surface area contributed by atoms with Gasteiger partial charge in [-0.15, -0.1) is 16.4 Å². The Kier molecular flexibility index (Phi) is 3.21. The van der Waals surface area contributed by atoms with Crippen molar-refractivity contribution in [3.05, 3.63) is 35.4 Å². The van der Waals surface area contributed by atoms with Crippen LogP contribution in [0.15, 0.2) is 23.7 Å². The summed E-state index contributed by atoms with van der Waals surface area (Å²) in [6.45, 7) is 6.02. The van der Waals surface area contributed by atoms with Gasteiger partial charge in [-0.25, -0.2) is 9.97 Å². The summed E-state index contributed by atoms with van der Waals surface area (Å²) in [7, 11) is 0. The van der Waals surface area contributed by atoms with Gasteiger partial charge >= 0.3 is 0 Å². The molecule has 0 fully saturated rings. The first-order chi connectivity index (χ1) is 9.93. The maximum Gasteiger partial charge on any atom is 0.295 e. The number of anilines is 1. The molecule has 2 aromatic heterocycles.